The topological polar surface area (TPSA) is 26.0 Å². The van der Waals surface area contributed by atoms with Gasteiger partial charge in [0, 0.05) is 6.04 Å². The fourth-order valence-corrected chi connectivity index (χ4v) is 4.13. The van der Waals surface area contributed by atoms with E-state index in [2.05, 4.69) is 6.92 Å². The Labute approximate surface area is 108 Å². The molecule has 0 aliphatic heterocycles. The van der Waals surface area contributed by atoms with E-state index in [9.17, 15) is 0 Å². The van der Waals surface area contributed by atoms with Gasteiger partial charge in [-0.2, -0.15) is 0 Å². The minimum atomic E-state index is 0.516. The van der Waals surface area contributed by atoms with Gasteiger partial charge in [-0.15, -0.1) is 0 Å². The van der Waals surface area contributed by atoms with Crippen molar-refractivity contribution in [2.45, 2.75) is 83.6 Å². The Morgan fingerprint density at radius 3 is 2.18 bits per heavy atom. The van der Waals surface area contributed by atoms with Crippen molar-refractivity contribution in [2.24, 2.45) is 23.5 Å². The van der Waals surface area contributed by atoms with Gasteiger partial charge in [0.05, 0.1) is 0 Å². The predicted octanol–water partition coefficient (Wildman–Crippen LogP) is 4.50. The zero-order chi connectivity index (χ0) is 12.1. The molecule has 0 aromatic carbocycles. The maximum Gasteiger partial charge on any atom is 0.00957 e. The highest BCUT2D eigenvalue weighted by Crippen LogP contribution is 2.37. The first-order chi connectivity index (χ1) is 8.31. The largest absolute Gasteiger partial charge is 0.327 e. The molecule has 17 heavy (non-hydrogen) atoms. The van der Waals surface area contributed by atoms with E-state index in [0.29, 0.717) is 6.04 Å². The van der Waals surface area contributed by atoms with Gasteiger partial charge in [0.2, 0.25) is 0 Å². The van der Waals surface area contributed by atoms with Crippen molar-refractivity contribution >= 4 is 0 Å². The van der Waals surface area contributed by atoms with Crippen LogP contribution in [0, 0.1) is 17.8 Å². The Hall–Kier alpha value is -0.0400. The van der Waals surface area contributed by atoms with Gasteiger partial charge in [0.1, 0.15) is 0 Å². The summed E-state index contributed by atoms with van der Waals surface area (Å²) < 4.78 is 0. The lowest BCUT2D eigenvalue weighted by Crippen LogP contribution is -2.39. The van der Waals surface area contributed by atoms with Gasteiger partial charge in [-0.3, -0.25) is 0 Å². The fraction of sp³-hybridized carbons (Fsp3) is 1.00. The summed E-state index contributed by atoms with van der Waals surface area (Å²) in [5, 5.41) is 0. The van der Waals surface area contributed by atoms with Crippen LogP contribution in [-0.2, 0) is 0 Å². The molecule has 1 nitrogen and oxygen atoms in total. The smallest absolute Gasteiger partial charge is 0.00957 e. The zero-order valence-corrected chi connectivity index (χ0v) is 11.7. The molecule has 0 heterocycles. The second-order valence-corrected chi connectivity index (χ2v) is 6.53. The van der Waals surface area contributed by atoms with Crippen LogP contribution in [0.4, 0.5) is 0 Å². The summed E-state index contributed by atoms with van der Waals surface area (Å²) in [6.45, 7) is 2.35. The van der Waals surface area contributed by atoms with Crippen molar-refractivity contribution in [3.8, 4) is 0 Å². The van der Waals surface area contributed by atoms with Gasteiger partial charge in [-0.05, 0) is 43.4 Å². The van der Waals surface area contributed by atoms with Crippen LogP contribution >= 0.6 is 0 Å². The molecule has 2 N–H and O–H groups in total. The highest BCUT2D eigenvalue weighted by molar-refractivity contribution is 4.85. The lowest BCUT2D eigenvalue weighted by atomic mass is 9.72. The Morgan fingerprint density at radius 2 is 1.53 bits per heavy atom. The van der Waals surface area contributed by atoms with E-state index in [0.717, 1.165) is 17.8 Å². The van der Waals surface area contributed by atoms with Crippen LogP contribution < -0.4 is 5.73 Å². The average molecular weight is 237 g/mol. The molecular formula is C16H31N. The molecule has 2 fully saturated rings. The predicted molar refractivity (Wildman–Crippen MR) is 74.9 cm³/mol. The number of rotatable bonds is 3. The average Bonchev–Trinajstić information content (AvgIpc) is 2.67. The molecule has 1 heteroatoms. The van der Waals surface area contributed by atoms with Crippen molar-refractivity contribution in [3.05, 3.63) is 0 Å². The quantitative estimate of drug-likeness (QED) is 0.719. The lowest BCUT2D eigenvalue weighted by molar-refractivity contribution is 0.184. The molecule has 2 aliphatic rings. The van der Waals surface area contributed by atoms with Gasteiger partial charge >= 0.3 is 0 Å². The Bertz CT molecular complexity index is 206. The van der Waals surface area contributed by atoms with Crippen LogP contribution in [0.1, 0.15) is 77.6 Å². The normalized spacial score (nSPS) is 34.2. The summed E-state index contributed by atoms with van der Waals surface area (Å²) in [4.78, 5) is 0. The Kier molecular flexibility index (Phi) is 5.34. The summed E-state index contributed by atoms with van der Waals surface area (Å²) in [5.41, 5.74) is 6.61. The van der Waals surface area contributed by atoms with E-state index in [1.165, 1.54) is 70.6 Å². The monoisotopic (exact) mass is 237 g/mol. The molecule has 100 valence electrons. The van der Waals surface area contributed by atoms with Gasteiger partial charge in [0.15, 0.2) is 0 Å². The molecule has 0 radical (unpaired) electrons. The first-order valence-corrected chi connectivity index (χ1v) is 8.06. The summed E-state index contributed by atoms with van der Waals surface area (Å²) in [6, 6.07) is 0.516. The van der Waals surface area contributed by atoms with Gasteiger partial charge < -0.3 is 5.73 Å². The van der Waals surface area contributed by atoms with E-state index >= 15 is 0 Å². The molecule has 0 amide bonds. The van der Waals surface area contributed by atoms with E-state index < -0.39 is 0 Å². The SMILES string of the molecule is CCC1CCCC(C(N)C2CCCCCC2)C1. The minimum absolute atomic E-state index is 0.516. The van der Waals surface area contributed by atoms with E-state index in [1.54, 1.807) is 0 Å². The summed E-state index contributed by atoms with van der Waals surface area (Å²) in [5.74, 6) is 2.67. The minimum Gasteiger partial charge on any atom is -0.327 e. The van der Waals surface area contributed by atoms with Crippen molar-refractivity contribution in [1.82, 2.24) is 0 Å². The first kappa shape index (κ1) is 13.4. The second kappa shape index (κ2) is 6.78. The molecule has 2 aliphatic carbocycles. The summed E-state index contributed by atoms with van der Waals surface area (Å²) >= 11 is 0. The highest BCUT2D eigenvalue weighted by atomic mass is 14.7. The summed E-state index contributed by atoms with van der Waals surface area (Å²) in [7, 11) is 0. The maximum atomic E-state index is 6.61. The number of hydrogen-bond donors (Lipinski definition) is 1. The number of nitrogens with two attached hydrogens (primary N) is 1. The molecule has 0 bridgehead atoms. The highest BCUT2D eigenvalue weighted by Gasteiger charge is 2.30. The zero-order valence-electron chi connectivity index (χ0n) is 11.7. The third-order valence-electron chi connectivity index (χ3n) is 5.39. The van der Waals surface area contributed by atoms with Crippen LogP contribution in [0.25, 0.3) is 0 Å². The van der Waals surface area contributed by atoms with Gasteiger partial charge in [0.25, 0.3) is 0 Å². The molecule has 0 saturated heterocycles. The molecule has 0 spiro atoms. The fourth-order valence-electron chi connectivity index (χ4n) is 4.13. The van der Waals surface area contributed by atoms with Gasteiger partial charge in [-0.1, -0.05) is 51.9 Å². The second-order valence-electron chi connectivity index (χ2n) is 6.53. The summed E-state index contributed by atoms with van der Waals surface area (Å²) in [6.07, 6.45) is 15.7. The van der Waals surface area contributed by atoms with Crippen LogP contribution in [0.5, 0.6) is 0 Å². The molecule has 0 aromatic heterocycles. The van der Waals surface area contributed by atoms with E-state index in [4.69, 9.17) is 5.73 Å². The Balaban J connectivity index is 1.86. The molecule has 0 aromatic rings. The standard InChI is InChI=1S/C16H31N/c1-2-13-8-7-11-15(12-13)16(17)14-9-5-3-4-6-10-14/h13-16H,2-12,17H2,1H3. The lowest BCUT2D eigenvalue weighted by Gasteiger charge is -2.36. The van der Waals surface area contributed by atoms with Crippen molar-refractivity contribution in [3.63, 3.8) is 0 Å². The third-order valence-corrected chi connectivity index (χ3v) is 5.39. The molecule has 3 unspecified atom stereocenters. The van der Waals surface area contributed by atoms with Crippen LogP contribution in [0.3, 0.4) is 0 Å². The Morgan fingerprint density at radius 1 is 0.882 bits per heavy atom. The molecule has 3 atom stereocenters. The maximum absolute atomic E-state index is 6.61. The van der Waals surface area contributed by atoms with E-state index in [1.807, 2.05) is 0 Å². The molecular weight excluding hydrogens is 206 g/mol. The molecule has 2 rings (SSSR count). The van der Waals surface area contributed by atoms with Crippen LogP contribution in [0.15, 0.2) is 0 Å². The molecule has 2 saturated carbocycles. The first-order valence-electron chi connectivity index (χ1n) is 8.06. The van der Waals surface area contributed by atoms with Gasteiger partial charge in [-0.25, -0.2) is 0 Å². The van der Waals surface area contributed by atoms with Crippen LogP contribution in [0.2, 0.25) is 0 Å². The van der Waals surface area contributed by atoms with Crippen molar-refractivity contribution < 1.29 is 0 Å². The van der Waals surface area contributed by atoms with Crippen molar-refractivity contribution in [1.29, 1.82) is 0 Å². The third kappa shape index (κ3) is 3.71. The van der Waals surface area contributed by atoms with E-state index in [-0.39, 0.29) is 0 Å². The number of hydrogen-bond acceptors (Lipinski definition) is 1. The van der Waals surface area contributed by atoms with Crippen LogP contribution in [-0.4, -0.2) is 6.04 Å². The van der Waals surface area contributed by atoms with Crippen molar-refractivity contribution in [2.75, 3.05) is 0 Å².